The lowest BCUT2D eigenvalue weighted by Crippen LogP contribution is -2.26. The molecule has 0 saturated heterocycles. The van der Waals surface area contributed by atoms with Gasteiger partial charge in [0.05, 0.1) is 0 Å². The van der Waals surface area contributed by atoms with Crippen molar-refractivity contribution in [3.05, 3.63) is 34.9 Å². The summed E-state index contributed by atoms with van der Waals surface area (Å²) in [5, 5.41) is 0.719. The minimum absolute atomic E-state index is 0.197. The first kappa shape index (κ1) is 18.0. The van der Waals surface area contributed by atoms with Gasteiger partial charge in [0.25, 0.3) is 0 Å². The number of carbonyl (C=O) groups excluding carboxylic acids is 1. The first-order valence-corrected chi connectivity index (χ1v) is 8.13. The molecule has 2 N–H and O–H groups in total. The van der Waals surface area contributed by atoms with E-state index in [9.17, 15) is 4.79 Å². The Labute approximate surface area is 133 Å². The van der Waals surface area contributed by atoms with Gasteiger partial charge in [0.2, 0.25) is 5.91 Å². The Balaban J connectivity index is 2.41. The second-order valence-corrected chi connectivity index (χ2v) is 6.08. The smallest absolute Gasteiger partial charge is 0.222 e. The van der Waals surface area contributed by atoms with Crippen molar-refractivity contribution < 1.29 is 4.79 Å². The third-order valence-corrected chi connectivity index (χ3v) is 4.05. The summed E-state index contributed by atoms with van der Waals surface area (Å²) in [5.74, 6) is 0.774. The maximum absolute atomic E-state index is 12.2. The summed E-state index contributed by atoms with van der Waals surface area (Å²) in [6.07, 6.45) is 4.87. The van der Waals surface area contributed by atoms with Gasteiger partial charge in [-0.3, -0.25) is 4.79 Å². The minimum atomic E-state index is 0.197. The summed E-state index contributed by atoms with van der Waals surface area (Å²) < 4.78 is 0. The minimum Gasteiger partial charge on any atom is -0.341 e. The zero-order valence-electron chi connectivity index (χ0n) is 13.1. The van der Waals surface area contributed by atoms with Crippen LogP contribution in [0.1, 0.15) is 44.6 Å². The Morgan fingerprint density at radius 3 is 2.48 bits per heavy atom. The fourth-order valence-corrected chi connectivity index (χ4v) is 2.67. The van der Waals surface area contributed by atoms with E-state index in [1.54, 1.807) is 4.90 Å². The van der Waals surface area contributed by atoms with Gasteiger partial charge in [-0.05, 0) is 43.0 Å². The third kappa shape index (κ3) is 6.96. The van der Waals surface area contributed by atoms with Crippen LogP contribution < -0.4 is 5.73 Å². The number of halogens is 1. The van der Waals surface area contributed by atoms with Crippen LogP contribution >= 0.6 is 11.6 Å². The summed E-state index contributed by atoms with van der Waals surface area (Å²) in [5.41, 5.74) is 6.73. The molecule has 1 aromatic carbocycles. The zero-order valence-corrected chi connectivity index (χ0v) is 13.9. The van der Waals surface area contributed by atoms with E-state index in [1.165, 1.54) is 0 Å². The molecular formula is C17H27ClN2O. The van der Waals surface area contributed by atoms with Crippen molar-refractivity contribution >= 4 is 17.5 Å². The molecule has 118 valence electrons. The van der Waals surface area contributed by atoms with Gasteiger partial charge in [-0.15, -0.1) is 0 Å². The number of nitrogens with two attached hydrogens (primary N) is 1. The summed E-state index contributed by atoms with van der Waals surface area (Å²) in [6.45, 7) is 3.52. The van der Waals surface area contributed by atoms with Gasteiger partial charge in [0.15, 0.2) is 0 Å². The van der Waals surface area contributed by atoms with Crippen LogP contribution in [0.2, 0.25) is 5.02 Å². The average Bonchev–Trinajstić information content (AvgIpc) is 2.47. The van der Waals surface area contributed by atoms with Crippen molar-refractivity contribution in [2.75, 3.05) is 13.6 Å². The molecule has 1 rings (SSSR count). The fraction of sp³-hybridized carbons (Fsp3) is 0.588. The predicted molar refractivity (Wildman–Crippen MR) is 89.2 cm³/mol. The molecule has 1 amide bonds. The predicted octanol–water partition coefficient (Wildman–Crippen LogP) is 3.84. The highest BCUT2D eigenvalue weighted by Crippen LogP contribution is 2.18. The van der Waals surface area contributed by atoms with Gasteiger partial charge in [-0.25, -0.2) is 0 Å². The molecule has 0 aliphatic carbocycles. The molecule has 0 fully saturated rings. The van der Waals surface area contributed by atoms with E-state index in [2.05, 4.69) is 6.92 Å². The van der Waals surface area contributed by atoms with E-state index in [4.69, 9.17) is 17.3 Å². The van der Waals surface area contributed by atoms with Gasteiger partial charge >= 0.3 is 0 Å². The van der Waals surface area contributed by atoms with Crippen LogP contribution in [0.15, 0.2) is 24.3 Å². The lowest BCUT2D eigenvalue weighted by Gasteiger charge is -2.20. The van der Waals surface area contributed by atoms with Crippen molar-refractivity contribution in [2.45, 2.75) is 45.6 Å². The number of hydrogen-bond donors (Lipinski definition) is 1. The number of rotatable bonds is 9. The van der Waals surface area contributed by atoms with Crippen LogP contribution in [0.5, 0.6) is 0 Å². The highest BCUT2D eigenvalue weighted by atomic mass is 35.5. The van der Waals surface area contributed by atoms with E-state index in [1.807, 2.05) is 31.3 Å². The van der Waals surface area contributed by atoms with Crippen LogP contribution in [-0.2, 0) is 11.3 Å². The van der Waals surface area contributed by atoms with Crippen molar-refractivity contribution in [3.8, 4) is 0 Å². The molecule has 0 bridgehead atoms. The molecule has 0 aliphatic heterocycles. The fourth-order valence-electron chi connectivity index (χ4n) is 2.55. The Morgan fingerprint density at radius 1 is 1.24 bits per heavy atom. The van der Waals surface area contributed by atoms with E-state index < -0.39 is 0 Å². The van der Waals surface area contributed by atoms with Crippen LogP contribution in [-0.4, -0.2) is 24.4 Å². The third-order valence-electron chi connectivity index (χ3n) is 3.80. The molecule has 1 atom stereocenters. The van der Waals surface area contributed by atoms with Crippen LogP contribution in [0, 0.1) is 5.92 Å². The van der Waals surface area contributed by atoms with Crippen LogP contribution in [0.3, 0.4) is 0 Å². The molecule has 21 heavy (non-hydrogen) atoms. The molecule has 1 aromatic rings. The van der Waals surface area contributed by atoms with Gasteiger partial charge in [0.1, 0.15) is 0 Å². The molecule has 0 saturated carbocycles. The van der Waals surface area contributed by atoms with Gasteiger partial charge in [-0.2, -0.15) is 0 Å². The molecule has 0 aromatic heterocycles. The van der Waals surface area contributed by atoms with Gasteiger partial charge in [-0.1, -0.05) is 43.5 Å². The van der Waals surface area contributed by atoms with Crippen molar-refractivity contribution in [2.24, 2.45) is 11.7 Å². The van der Waals surface area contributed by atoms with Gasteiger partial charge in [0, 0.05) is 25.0 Å². The Hall–Kier alpha value is -1.06. The monoisotopic (exact) mass is 310 g/mol. The standard InChI is InChI=1S/C17H27ClN2O/c1-3-4-14(11-12-19)7-10-17(21)20(2)13-15-5-8-16(18)9-6-15/h5-6,8-9,14H,3-4,7,10-13,19H2,1-2H3. The van der Waals surface area contributed by atoms with Gasteiger partial charge < -0.3 is 10.6 Å². The van der Waals surface area contributed by atoms with E-state index >= 15 is 0 Å². The molecule has 4 heteroatoms. The van der Waals surface area contributed by atoms with Crippen molar-refractivity contribution in [3.63, 3.8) is 0 Å². The molecule has 3 nitrogen and oxygen atoms in total. The second kappa shape index (κ2) is 9.80. The average molecular weight is 311 g/mol. The lowest BCUT2D eigenvalue weighted by atomic mass is 9.94. The Morgan fingerprint density at radius 2 is 1.90 bits per heavy atom. The lowest BCUT2D eigenvalue weighted by molar-refractivity contribution is -0.130. The summed E-state index contributed by atoms with van der Waals surface area (Å²) >= 11 is 5.86. The van der Waals surface area contributed by atoms with Crippen molar-refractivity contribution in [1.82, 2.24) is 4.90 Å². The Bertz CT molecular complexity index is 413. The van der Waals surface area contributed by atoms with E-state index in [-0.39, 0.29) is 5.91 Å². The van der Waals surface area contributed by atoms with E-state index in [0.717, 1.165) is 36.3 Å². The van der Waals surface area contributed by atoms with Crippen LogP contribution in [0.25, 0.3) is 0 Å². The number of nitrogens with zero attached hydrogens (tertiary/aromatic N) is 1. The Kier molecular flexibility index (Phi) is 8.40. The first-order valence-electron chi connectivity index (χ1n) is 7.75. The number of amides is 1. The summed E-state index contributed by atoms with van der Waals surface area (Å²) in [7, 11) is 1.86. The highest BCUT2D eigenvalue weighted by Gasteiger charge is 2.13. The first-order chi connectivity index (χ1) is 10.1. The molecule has 0 radical (unpaired) electrons. The maximum atomic E-state index is 12.2. The normalized spacial score (nSPS) is 12.2. The van der Waals surface area contributed by atoms with E-state index in [0.29, 0.717) is 25.4 Å². The second-order valence-electron chi connectivity index (χ2n) is 5.65. The quantitative estimate of drug-likeness (QED) is 0.753. The highest BCUT2D eigenvalue weighted by molar-refractivity contribution is 6.30. The maximum Gasteiger partial charge on any atom is 0.222 e. The molecule has 0 spiro atoms. The molecule has 0 aliphatic rings. The van der Waals surface area contributed by atoms with Crippen LogP contribution in [0.4, 0.5) is 0 Å². The molecule has 0 heterocycles. The molecular weight excluding hydrogens is 284 g/mol. The summed E-state index contributed by atoms with van der Waals surface area (Å²) in [4.78, 5) is 14.0. The zero-order chi connectivity index (χ0) is 15.7. The number of hydrogen-bond acceptors (Lipinski definition) is 2. The number of carbonyl (C=O) groups is 1. The summed E-state index contributed by atoms with van der Waals surface area (Å²) in [6, 6.07) is 7.63. The number of benzene rings is 1. The largest absolute Gasteiger partial charge is 0.341 e. The molecule has 1 unspecified atom stereocenters. The topological polar surface area (TPSA) is 46.3 Å². The SMILES string of the molecule is CCCC(CCN)CCC(=O)N(C)Cc1ccc(Cl)cc1. The van der Waals surface area contributed by atoms with Crippen molar-refractivity contribution in [1.29, 1.82) is 0 Å².